The van der Waals surface area contributed by atoms with Gasteiger partial charge in [0.1, 0.15) is 5.75 Å². The standard InChI is InChI=1S/C19H23NO5S/c1-12-6-8-14(11-15(12)18(21)22)26(23,24)20-16-10-13(19(2,3)4)7-9-17(16)25-5/h6-11,20H,1-5H3,(H,21,22). The van der Waals surface area contributed by atoms with E-state index in [-0.39, 0.29) is 15.9 Å². The minimum atomic E-state index is -3.97. The highest BCUT2D eigenvalue weighted by Crippen LogP contribution is 2.33. The van der Waals surface area contributed by atoms with E-state index in [1.165, 1.54) is 19.2 Å². The van der Waals surface area contributed by atoms with Gasteiger partial charge in [0.25, 0.3) is 10.0 Å². The molecule has 0 unspecified atom stereocenters. The molecule has 0 bridgehead atoms. The number of carboxylic acids is 1. The summed E-state index contributed by atoms with van der Waals surface area (Å²) in [5.74, 6) is -0.793. The predicted octanol–water partition coefficient (Wildman–Crippen LogP) is 3.80. The summed E-state index contributed by atoms with van der Waals surface area (Å²) in [7, 11) is -2.52. The zero-order chi connectivity index (χ0) is 19.7. The van der Waals surface area contributed by atoms with Crippen LogP contribution in [0.5, 0.6) is 5.75 Å². The molecule has 0 fully saturated rings. The van der Waals surface area contributed by atoms with Crippen LogP contribution in [0, 0.1) is 6.92 Å². The molecule has 0 radical (unpaired) electrons. The third-order valence-electron chi connectivity index (χ3n) is 4.06. The van der Waals surface area contributed by atoms with Gasteiger partial charge in [0.15, 0.2) is 0 Å². The molecule has 0 amide bonds. The van der Waals surface area contributed by atoms with Crippen LogP contribution < -0.4 is 9.46 Å². The van der Waals surface area contributed by atoms with E-state index in [4.69, 9.17) is 4.74 Å². The molecule has 140 valence electrons. The van der Waals surface area contributed by atoms with Crippen LogP contribution in [0.3, 0.4) is 0 Å². The van der Waals surface area contributed by atoms with E-state index in [2.05, 4.69) is 4.72 Å². The zero-order valence-electron chi connectivity index (χ0n) is 15.5. The van der Waals surface area contributed by atoms with Gasteiger partial charge < -0.3 is 9.84 Å². The highest BCUT2D eigenvalue weighted by molar-refractivity contribution is 7.92. The van der Waals surface area contributed by atoms with Gasteiger partial charge in [-0.05, 0) is 47.7 Å². The summed E-state index contributed by atoms with van der Waals surface area (Å²) in [6.45, 7) is 7.67. The second-order valence-corrected chi connectivity index (χ2v) is 8.73. The van der Waals surface area contributed by atoms with Gasteiger partial charge in [0.2, 0.25) is 0 Å². The monoisotopic (exact) mass is 377 g/mol. The van der Waals surface area contributed by atoms with Gasteiger partial charge in [-0.2, -0.15) is 0 Å². The second-order valence-electron chi connectivity index (χ2n) is 7.05. The molecule has 2 aromatic rings. The molecule has 2 N–H and O–H groups in total. The molecule has 0 atom stereocenters. The molecule has 6 nitrogen and oxygen atoms in total. The first kappa shape index (κ1) is 19.8. The number of ether oxygens (including phenoxy) is 1. The van der Waals surface area contributed by atoms with Crippen molar-refractivity contribution >= 4 is 21.7 Å². The molecule has 0 saturated carbocycles. The number of nitrogens with one attached hydrogen (secondary N) is 1. The van der Waals surface area contributed by atoms with E-state index in [0.717, 1.165) is 11.6 Å². The van der Waals surface area contributed by atoms with Crippen molar-refractivity contribution in [3.63, 3.8) is 0 Å². The molecular formula is C19H23NO5S. The van der Waals surface area contributed by atoms with Gasteiger partial charge in [0.05, 0.1) is 23.3 Å². The van der Waals surface area contributed by atoms with Crippen LogP contribution in [-0.2, 0) is 15.4 Å². The Morgan fingerprint density at radius 3 is 2.31 bits per heavy atom. The second kappa shape index (κ2) is 6.99. The van der Waals surface area contributed by atoms with Crippen molar-refractivity contribution in [2.45, 2.75) is 38.0 Å². The highest BCUT2D eigenvalue weighted by atomic mass is 32.2. The van der Waals surface area contributed by atoms with E-state index >= 15 is 0 Å². The first-order valence-corrected chi connectivity index (χ1v) is 9.49. The van der Waals surface area contributed by atoms with Crippen molar-refractivity contribution < 1.29 is 23.1 Å². The Bertz CT molecular complexity index is 943. The van der Waals surface area contributed by atoms with Gasteiger partial charge in [-0.3, -0.25) is 4.72 Å². The number of methoxy groups -OCH3 is 1. The smallest absolute Gasteiger partial charge is 0.335 e. The van der Waals surface area contributed by atoms with E-state index in [1.54, 1.807) is 19.1 Å². The summed E-state index contributed by atoms with van der Waals surface area (Å²) in [6, 6.07) is 9.31. The molecule has 0 aliphatic heterocycles. The summed E-state index contributed by atoms with van der Waals surface area (Å²) in [5, 5.41) is 9.22. The molecule has 0 spiro atoms. The summed E-state index contributed by atoms with van der Waals surface area (Å²) in [6.07, 6.45) is 0. The van der Waals surface area contributed by atoms with Crippen LogP contribution in [0.15, 0.2) is 41.3 Å². The van der Waals surface area contributed by atoms with Gasteiger partial charge in [-0.1, -0.05) is 32.9 Å². The Labute approximate surface area is 153 Å². The van der Waals surface area contributed by atoms with Gasteiger partial charge in [-0.25, -0.2) is 13.2 Å². The van der Waals surface area contributed by atoms with Crippen LogP contribution in [0.1, 0.15) is 42.3 Å². The number of aryl methyl sites for hydroxylation is 1. The summed E-state index contributed by atoms with van der Waals surface area (Å²) in [4.78, 5) is 11.2. The number of carboxylic acid groups (broad SMARTS) is 1. The normalized spacial score (nSPS) is 11.9. The number of hydrogen-bond acceptors (Lipinski definition) is 4. The summed E-state index contributed by atoms with van der Waals surface area (Å²) in [5.41, 5.74) is 1.50. The SMILES string of the molecule is COc1ccc(C(C)(C)C)cc1NS(=O)(=O)c1ccc(C)c(C(=O)O)c1. The molecular weight excluding hydrogens is 354 g/mol. The molecule has 0 aliphatic carbocycles. The molecule has 2 aromatic carbocycles. The Kier molecular flexibility index (Phi) is 5.32. The molecule has 0 aromatic heterocycles. The van der Waals surface area contributed by atoms with E-state index in [9.17, 15) is 18.3 Å². The Balaban J connectivity index is 2.50. The maximum absolute atomic E-state index is 12.8. The fraction of sp³-hybridized carbons (Fsp3) is 0.316. The number of aromatic carboxylic acids is 1. The van der Waals surface area contributed by atoms with Crippen molar-refractivity contribution in [3.05, 3.63) is 53.1 Å². The minimum absolute atomic E-state index is 0.0525. The van der Waals surface area contributed by atoms with Crippen LogP contribution in [-0.4, -0.2) is 26.6 Å². The number of sulfonamides is 1. The maximum atomic E-state index is 12.8. The van der Waals surface area contributed by atoms with Crippen molar-refractivity contribution in [3.8, 4) is 5.75 Å². The van der Waals surface area contributed by atoms with E-state index in [1.807, 2.05) is 26.8 Å². The van der Waals surface area contributed by atoms with E-state index < -0.39 is 16.0 Å². The number of rotatable bonds is 5. The lowest BCUT2D eigenvalue weighted by Gasteiger charge is -2.21. The topological polar surface area (TPSA) is 92.7 Å². The third-order valence-corrected chi connectivity index (χ3v) is 5.42. The van der Waals surface area contributed by atoms with Crippen molar-refractivity contribution in [2.24, 2.45) is 0 Å². The molecule has 26 heavy (non-hydrogen) atoms. The van der Waals surface area contributed by atoms with Gasteiger partial charge in [0, 0.05) is 0 Å². The van der Waals surface area contributed by atoms with Crippen LogP contribution >= 0.6 is 0 Å². The lowest BCUT2D eigenvalue weighted by atomic mass is 9.87. The largest absolute Gasteiger partial charge is 0.495 e. The summed E-state index contributed by atoms with van der Waals surface area (Å²) < 4.78 is 33.3. The quantitative estimate of drug-likeness (QED) is 0.827. The lowest BCUT2D eigenvalue weighted by Crippen LogP contribution is -2.16. The van der Waals surface area contributed by atoms with E-state index in [0.29, 0.717) is 17.0 Å². The average Bonchev–Trinajstić information content (AvgIpc) is 2.53. The number of carbonyl (C=O) groups is 1. The first-order chi connectivity index (χ1) is 12.0. The minimum Gasteiger partial charge on any atom is -0.495 e. The van der Waals surface area contributed by atoms with Crippen LogP contribution in [0.2, 0.25) is 0 Å². The highest BCUT2D eigenvalue weighted by Gasteiger charge is 2.21. The molecule has 7 heteroatoms. The first-order valence-electron chi connectivity index (χ1n) is 8.01. The molecule has 2 rings (SSSR count). The molecule has 0 aliphatic rings. The number of hydrogen-bond donors (Lipinski definition) is 2. The fourth-order valence-electron chi connectivity index (χ4n) is 2.46. The number of benzene rings is 2. The van der Waals surface area contributed by atoms with Crippen molar-refractivity contribution in [1.29, 1.82) is 0 Å². The Morgan fingerprint density at radius 1 is 1.12 bits per heavy atom. The van der Waals surface area contributed by atoms with Crippen molar-refractivity contribution in [1.82, 2.24) is 0 Å². The van der Waals surface area contributed by atoms with Crippen LogP contribution in [0.4, 0.5) is 5.69 Å². The zero-order valence-corrected chi connectivity index (χ0v) is 16.3. The molecule has 0 heterocycles. The average molecular weight is 377 g/mol. The summed E-state index contributed by atoms with van der Waals surface area (Å²) >= 11 is 0. The molecule has 0 saturated heterocycles. The van der Waals surface area contributed by atoms with Crippen molar-refractivity contribution in [2.75, 3.05) is 11.8 Å². The maximum Gasteiger partial charge on any atom is 0.335 e. The van der Waals surface area contributed by atoms with Crippen LogP contribution in [0.25, 0.3) is 0 Å². The third kappa shape index (κ3) is 4.16. The lowest BCUT2D eigenvalue weighted by molar-refractivity contribution is 0.0696. The van der Waals surface area contributed by atoms with Gasteiger partial charge in [-0.15, -0.1) is 0 Å². The predicted molar refractivity (Wildman–Crippen MR) is 101 cm³/mol. The van der Waals surface area contributed by atoms with Gasteiger partial charge >= 0.3 is 5.97 Å². The number of anilines is 1. The fourth-order valence-corrected chi connectivity index (χ4v) is 3.54. The Hall–Kier alpha value is -2.54. The Morgan fingerprint density at radius 2 is 1.77 bits per heavy atom.